The van der Waals surface area contributed by atoms with Gasteiger partial charge in [0.05, 0.1) is 36.2 Å². The highest BCUT2D eigenvalue weighted by atomic mass is 16.5. The third kappa shape index (κ3) is 4.41. The van der Waals surface area contributed by atoms with Gasteiger partial charge >= 0.3 is 12.1 Å². The zero-order valence-electron chi connectivity index (χ0n) is 20.4. The number of methoxy groups -OCH3 is 1. The third-order valence-electron chi connectivity index (χ3n) is 7.71. The molecule has 3 aromatic rings. The largest absolute Gasteiger partial charge is 0.481 e. The van der Waals surface area contributed by atoms with E-state index in [0.717, 1.165) is 47.2 Å². The first-order chi connectivity index (χ1) is 17.5. The van der Waals surface area contributed by atoms with Crippen molar-refractivity contribution in [3.8, 4) is 6.07 Å². The SMILES string of the molecule is COC(=O)N1CCc2cc(C#N)c3c(nc(C4CCC(C(=O)O)CC4)n3CCc3ccccc3)c2C1. The summed E-state index contributed by atoms with van der Waals surface area (Å²) in [5, 5.41) is 19.6. The number of amides is 1. The lowest BCUT2D eigenvalue weighted by Gasteiger charge is -2.28. The number of aliphatic carboxylic acids is 1. The monoisotopic (exact) mass is 486 g/mol. The van der Waals surface area contributed by atoms with Crippen molar-refractivity contribution in [2.45, 2.75) is 57.5 Å². The number of hydrogen-bond donors (Lipinski definition) is 1. The number of aryl methyl sites for hydroxylation is 2. The molecule has 2 aliphatic rings. The number of carbonyl (C=O) groups is 2. The molecular weight excluding hydrogens is 456 g/mol. The van der Waals surface area contributed by atoms with Crippen LogP contribution in [0.1, 0.15) is 59.7 Å². The van der Waals surface area contributed by atoms with Crippen LogP contribution in [0.25, 0.3) is 11.0 Å². The van der Waals surface area contributed by atoms with Crippen LogP contribution in [0.5, 0.6) is 0 Å². The van der Waals surface area contributed by atoms with E-state index in [1.165, 1.54) is 12.7 Å². The van der Waals surface area contributed by atoms with E-state index in [1.807, 2.05) is 24.3 Å². The normalized spacial score (nSPS) is 19.5. The second-order valence-corrected chi connectivity index (χ2v) is 9.76. The van der Waals surface area contributed by atoms with Gasteiger partial charge in [-0.15, -0.1) is 0 Å². The fourth-order valence-corrected chi connectivity index (χ4v) is 5.75. The lowest BCUT2D eigenvalue weighted by molar-refractivity contribution is -0.142. The van der Waals surface area contributed by atoms with Crippen LogP contribution in [0, 0.1) is 17.2 Å². The van der Waals surface area contributed by atoms with Crippen molar-refractivity contribution < 1.29 is 19.4 Å². The fourth-order valence-electron chi connectivity index (χ4n) is 5.75. The molecule has 1 saturated carbocycles. The summed E-state index contributed by atoms with van der Waals surface area (Å²) < 4.78 is 7.15. The number of ether oxygens (including phenoxy) is 1. The van der Waals surface area contributed by atoms with Crippen molar-refractivity contribution in [1.29, 1.82) is 5.26 Å². The summed E-state index contributed by atoms with van der Waals surface area (Å²) in [4.78, 5) is 30.6. The Labute approximate surface area is 210 Å². The van der Waals surface area contributed by atoms with Crippen molar-refractivity contribution in [1.82, 2.24) is 14.5 Å². The van der Waals surface area contributed by atoms with Gasteiger partial charge in [0.15, 0.2) is 0 Å². The number of carboxylic acids is 1. The molecule has 1 aliphatic heterocycles. The van der Waals surface area contributed by atoms with Crippen molar-refractivity contribution in [2.75, 3.05) is 13.7 Å². The predicted octanol–water partition coefficient (Wildman–Crippen LogP) is 4.63. The van der Waals surface area contributed by atoms with Gasteiger partial charge in [0.1, 0.15) is 11.9 Å². The Hall–Kier alpha value is -3.86. The fraction of sp³-hybridized carbons (Fsp3) is 0.429. The van der Waals surface area contributed by atoms with Gasteiger partial charge in [-0.1, -0.05) is 30.3 Å². The Balaban J connectivity index is 1.60. The number of nitriles is 1. The molecule has 1 N–H and O–H groups in total. The number of carboxylic acid groups (broad SMARTS) is 1. The highest BCUT2D eigenvalue weighted by Crippen LogP contribution is 2.39. The van der Waals surface area contributed by atoms with Crippen LogP contribution < -0.4 is 0 Å². The number of fused-ring (bicyclic) bond motifs is 3. The molecule has 36 heavy (non-hydrogen) atoms. The number of nitrogens with zero attached hydrogens (tertiary/aromatic N) is 4. The molecule has 0 spiro atoms. The quantitative estimate of drug-likeness (QED) is 0.563. The van der Waals surface area contributed by atoms with E-state index in [1.54, 1.807) is 4.90 Å². The first-order valence-corrected chi connectivity index (χ1v) is 12.5. The second-order valence-electron chi connectivity index (χ2n) is 9.76. The van der Waals surface area contributed by atoms with Gasteiger partial charge in [-0.05, 0) is 55.7 Å². The Bertz CT molecular complexity index is 1330. The highest BCUT2D eigenvalue weighted by Gasteiger charge is 2.32. The molecule has 0 atom stereocenters. The van der Waals surface area contributed by atoms with Crippen LogP contribution in [0.15, 0.2) is 36.4 Å². The molecule has 0 radical (unpaired) electrons. The van der Waals surface area contributed by atoms with Crippen molar-refractivity contribution in [2.24, 2.45) is 5.92 Å². The maximum Gasteiger partial charge on any atom is 0.409 e. The molecule has 2 heterocycles. The van der Waals surface area contributed by atoms with Gasteiger partial charge in [-0.25, -0.2) is 9.78 Å². The molecule has 8 nitrogen and oxygen atoms in total. The second kappa shape index (κ2) is 10.0. The summed E-state index contributed by atoms with van der Waals surface area (Å²) in [6, 6.07) is 14.6. The van der Waals surface area contributed by atoms with Gasteiger partial charge < -0.3 is 19.3 Å². The standard InChI is InChI=1S/C28H30N4O4/c1-36-28(35)31-13-12-21-15-22(16-29)25-24(23(21)17-31)30-26(19-7-9-20(10-8-19)27(33)34)32(25)14-11-18-5-3-2-4-6-18/h2-6,15,19-20H,7-14,17H2,1H3,(H,33,34). The van der Waals surface area contributed by atoms with Crippen molar-refractivity contribution >= 4 is 23.1 Å². The maximum atomic E-state index is 12.3. The van der Waals surface area contributed by atoms with Gasteiger partial charge in [0.25, 0.3) is 0 Å². The average molecular weight is 487 g/mol. The van der Waals surface area contributed by atoms with Crippen LogP contribution in [-0.4, -0.2) is 45.3 Å². The Morgan fingerprint density at radius 2 is 1.94 bits per heavy atom. The van der Waals surface area contributed by atoms with E-state index in [0.29, 0.717) is 44.5 Å². The zero-order valence-corrected chi connectivity index (χ0v) is 20.4. The van der Waals surface area contributed by atoms with E-state index in [-0.39, 0.29) is 17.9 Å². The van der Waals surface area contributed by atoms with Crippen LogP contribution in [0.2, 0.25) is 0 Å². The highest BCUT2D eigenvalue weighted by molar-refractivity contribution is 5.87. The number of aromatic nitrogens is 2. The van der Waals surface area contributed by atoms with Crippen molar-refractivity contribution in [3.63, 3.8) is 0 Å². The zero-order chi connectivity index (χ0) is 25.2. The lowest BCUT2D eigenvalue weighted by Crippen LogP contribution is -2.36. The molecule has 186 valence electrons. The topological polar surface area (TPSA) is 108 Å². The minimum atomic E-state index is -0.727. The van der Waals surface area contributed by atoms with E-state index in [9.17, 15) is 20.0 Å². The summed E-state index contributed by atoms with van der Waals surface area (Å²) in [7, 11) is 1.39. The summed E-state index contributed by atoms with van der Waals surface area (Å²) in [5.41, 5.74) is 5.41. The number of rotatable bonds is 5. The Morgan fingerprint density at radius 3 is 2.61 bits per heavy atom. The molecule has 1 fully saturated rings. The van der Waals surface area contributed by atoms with E-state index < -0.39 is 5.97 Å². The smallest absolute Gasteiger partial charge is 0.409 e. The minimum Gasteiger partial charge on any atom is -0.481 e. The molecule has 1 aliphatic carbocycles. The summed E-state index contributed by atoms with van der Waals surface area (Å²) in [6.45, 7) is 1.60. The van der Waals surface area contributed by atoms with Gasteiger partial charge in [-0.3, -0.25) is 4.79 Å². The van der Waals surface area contributed by atoms with Crippen LogP contribution in [0.3, 0.4) is 0 Å². The Kier molecular flexibility index (Phi) is 6.64. The average Bonchev–Trinajstić information content (AvgIpc) is 3.31. The predicted molar refractivity (Wildman–Crippen MR) is 133 cm³/mol. The van der Waals surface area contributed by atoms with Crippen molar-refractivity contribution in [3.05, 3.63) is 64.5 Å². The molecule has 1 aromatic heterocycles. The van der Waals surface area contributed by atoms with E-state index in [2.05, 4.69) is 22.8 Å². The first kappa shape index (κ1) is 23.9. The molecule has 0 bridgehead atoms. The van der Waals surface area contributed by atoms with Gasteiger partial charge in [0, 0.05) is 24.6 Å². The number of hydrogen-bond acceptors (Lipinski definition) is 5. The Morgan fingerprint density at radius 1 is 1.19 bits per heavy atom. The molecule has 0 saturated heterocycles. The molecule has 1 amide bonds. The first-order valence-electron chi connectivity index (χ1n) is 12.5. The molecule has 2 aromatic carbocycles. The molecule has 8 heteroatoms. The molecule has 0 unspecified atom stereocenters. The summed E-state index contributed by atoms with van der Waals surface area (Å²) in [5.74, 6) is 0.0188. The van der Waals surface area contributed by atoms with E-state index in [4.69, 9.17) is 9.72 Å². The molecule has 5 rings (SSSR count). The summed E-state index contributed by atoms with van der Waals surface area (Å²) >= 11 is 0. The molecular formula is C28H30N4O4. The van der Waals surface area contributed by atoms with Gasteiger partial charge in [0.2, 0.25) is 0 Å². The van der Waals surface area contributed by atoms with Crippen LogP contribution >= 0.6 is 0 Å². The van der Waals surface area contributed by atoms with Crippen LogP contribution in [-0.2, 0) is 35.5 Å². The van der Waals surface area contributed by atoms with Gasteiger partial charge in [-0.2, -0.15) is 5.26 Å². The number of benzene rings is 2. The van der Waals surface area contributed by atoms with Crippen LogP contribution in [0.4, 0.5) is 4.79 Å². The number of imidazole rings is 1. The lowest BCUT2D eigenvalue weighted by atomic mass is 9.81. The summed E-state index contributed by atoms with van der Waals surface area (Å²) in [6.07, 6.45) is 3.83. The van der Waals surface area contributed by atoms with E-state index >= 15 is 0 Å². The maximum absolute atomic E-state index is 12.3. The number of carbonyl (C=O) groups excluding carboxylic acids is 1. The minimum absolute atomic E-state index is 0.131. The third-order valence-corrected chi connectivity index (χ3v) is 7.71.